The van der Waals surface area contributed by atoms with Crippen LogP contribution in [0.2, 0.25) is 0 Å². The van der Waals surface area contributed by atoms with Crippen molar-refractivity contribution in [1.82, 2.24) is 14.8 Å². The van der Waals surface area contributed by atoms with Gasteiger partial charge in [-0.2, -0.15) is 0 Å². The average molecular weight is 235 g/mol. The molecule has 0 bridgehead atoms. The lowest BCUT2D eigenvalue weighted by molar-refractivity contribution is -0.119. The summed E-state index contributed by atoms with van der Waals surface area (Å²) in [4.78, 5) is 18.4. The van der Waals surface area contributed by atoms with Gasteiger partial charge in [-0.3, -0.25) is 14.7 Å². The molecule has 1 aromatic heterocycles. The summed E-state index contributed by atoms with van der Waals surface area (Å²) in [6.07, 6.45) is 3.77. The van der Waals surface area contributed by atoms with Crippen molar-refractivity contribution < 1.29 is 9.90 Å². The van der Waals surface area contributed by atoms with E-state index in [0.717, 1.165) is 38.2 Å². The van der Waals surface area contributed by atoms with E-state index in [4.69, 9.17) is 0 Å². The third-order valence-electron chi connectivity index (χ3n) is 3.08. The predicted molar refractivity (Wildman–Crippen MR) is 63.3 cm³/mol. The molecule has 5 heteroatoms. The van der Waals surface area contributed by atoms with Crippen LogP contribution >= 0.6 is 0 Å². The molecule has 0 saturated carbocycles. The fourth-order valence-corrected chi connectivity index (χ4v) is 1.99. The van der Waals surface area contributed by atoms with Crippen LogP contribution in [0.3, 0.4) is 0 Å². The number of pyridine rings is 1. The van der Waals surface area contributed by atoms with Gasteiger partial charge in [0.15, 0.2) is 0 Å². The SMILES string of the molecule is O=CN1CCN(CC(O)c2ccncc2)CC1. The Hall–Kier alpha value is -1.46. The van der Waals surface area contributed by atoms with Gasteiger partial charge in [-0.25, -0.2) is 0 Å². The molecule has 5 nitrogen and oxygen atoms in total. The van der Waals surface area contributed by atoms with E-state index < -0.39 is 6.10 Å². The highest BCUT2D eigenvalue weighted by molar-refractivity contribution is 5.47. The Bertz CT molecular complexity index is 350. The van der Waals surface area contributed by atoms with Crippen molar-refractivity contribution in [2.24, 2.45) is 0 Å². The lowest BCUT2D eigenvalue weighted by Gasteiger charge is -2.33. The maximum Gasteiger partial charge on any atom is 0.209 e. The van der Waals surface area contributed by atoms with E-state index in [2.05, 4.69) is 9.88 Å². The number of carbonyl (C=O) groups excluding carboxylic acids is 1. The highest BCUT2D eigenvalue weighted by Crippen LogP contribution is 2.13. The maximum atomic E-state index is 10.6. The van der Waals surface area contributed by atoms with E-state index in [0.29, 0.717) is 6.54 Å². The molecule has 1 aromatic rings. The number of aliphatic hydroxyl groups excluding tert-OH is 1. The van der Waals surface area contributed by atoms with E-state index >= 15 is 0 Å². The van der Waals surface area contributed by atoms with Crippen LogP contribution in [0.15, 0.2) is 24.5 Å². The molecule has 1 atom stereocenters. The summed E-state index contributed by atoms with van der Waals surface area (Å²) in [5.41, 5.74) is 0.887. The first kappa shape index (κ1) is 12.0. The van der Waals surface area contributed by atoms with Crippen LogP contribution in [0.4, 0.5) is 0 Å². The minimum Gasteiger partial charge on any atom is -0.387 e. The number of hydrogen-bond donors (Lipinski definition) is 1. The Kier molecular flexibility index (Phi) is 4.06. The number of aromatic nitrogens is 1. The first-order valence-corrected chi connectivity index (χ1v) is 5.79. The summed E-state index contributed by atoms with van der Waals surface area (Å²) in [5.74, 6) is 0. The smallest absolute Gasteiger partial charge is 0.209 e. The molecule has 2 rings (SSSR count). The molecule has 92 valence electrons. The van der Waals surface area contributed by atoms with E-state index in [1.807, 2.05) is 12.1 Å². The van der Waals surface area contributed by atoms with Crippen LogP contribution < -0.4 is 0 Å². The van der Waals surface area contributed by atoms with Crippen LogP contribution in [0.1, 0.15) is 11.7 Å². The molecule has 17 heavy (non-hydrogen) atoms. The molecule has 1 amide bonds. The van der Waals surface area contributed by atoms with Crippen molar-refractivity contribution in [2.75, 3.05) is 32.7 Å². The van der Waals surface area contributed by atoms with Crippen LogP contribution in [0.5, 0.6) is 0 Å². The van der Waals surface area contributed by atoms with Crippen molar-refractivity contribution in [3.63, 3.8) is 0 Å². The molecule has 1 fully saturated rings. The van der Waals surface area contributed by atoms with E-state index in [1.54, 1.807) is 17.3 Å². The number of carbonyl (C=O) groups is 1. The molecule has 1 N–H and O–H groups in total. The van der Waals surface area contributed by atoms with Gasteiger partial charge in [0.2, 0.25) is 6.41 Å². The number of amides is 1. The van der Waals surface area contributed by atoms with Gasteiger partial charge in [0.1, 0.15) is 0 Å². The number of β-amino-alcohol motifs (C(OH)–C–C–N with tert-alkyl or cyclic N) is 1. The summed E-state index contributed by atoms with van der Waals surface area (Å²) in [6.45, 7) is 3.73. The summed E-state index contributed by atoms with van der Waals surface area (Å²) >= 11 is 0. The predicted octanol–water partition coefficient (Wildman–Crippen LogP) is -0.111. The van der Waals surface area contributed by atoms with Gasteiger partial charge in [0, 0.05) is 45.1 Å². The second-order valence-corrected chi connectivity index (χ2v) is 4.24. The monoisotopic (exact) mass is 235 g/mol. The molecule has 0 aromatic carbocycles. The zero-order valence-electron chi connectivity index (χ0n) is 9.70. The molecule has 0 aliphatic carbocycles. The molecular formula is C12H17N3O2. The third kappa shape index (κ3) is 3.25. The van der Waals surface area contributed by atoms with E-state index in [1.165, 1.54) is 0 Å². The Labute approximate surface area is 101 Å². The van der Waals surface area contributed by atoms with Gasteiger partial charge < -0.3 is 10.0 Å². The Balaban J connectivity index is 1.84. The molecule has 0 spiro atoms. The van der Waals surface area contributed by atoms with Gasteiger partial charge in [-0.05, 0) is 17.7 Å². The molecule has 1 aliphatic heterocycles. The topological polar surface area (TPSA) is 56.7 Å². The second-order valence-electron chi connectivity index (χ2n) is 4.24. The lowest BCUT2D eigenvalue weighted by Crippen LogP contribution is -2.46. The minimum atomic E-state index is -0.485. The summed E-state index contributed by atoms with van der Waals surface area (Å²) in [5, 5.41) is 10.0. The molecule has 1 saturated heterocycles. The second kappa shape index (κ2) is 5.75. The number of hydrogen-bond acceptors (Lipinski definition) is 4. The first-order valence-electron chi connectivity index (χ1n) is 5.79. The zero-order valence-corrected chi connectivity index (χ0v) is 9.70. The Morgan fingerprint density at radius 3 is 2.53 bits per heavy atom. The Morgan fingerprint density at radius 2 is 1.94 bits per heavy atom. The van der Waals surface area contributed by atoms with Crippen molar-refractivity contribution in [2.45, 2.75) is 6.10 Å². The van der Waals surface area contributed by atoms with Crippen LogP contribution in [-0.2, 0) is 4.79 Å². The molecule has 0 radical (unpaired) electrons. The molecule has 2 heterocycles. The Morgan fingerprint density at radius 1 is 1.29 bits per heavy atom. The van der Waals surface area contributed by atoms with Crippen molar-refractivity contribution >= 4 is 6.41 Å². The van der Waals surface area contributed by atoms with Crippen molar-refractivity contribution in [3.8, 4) is 0 Å². The van der Waals surface area contributed by atoms with Crippen molar-refractivity contribution in [1.29, 1.82) is 0 Å². The fraction of sp³-hybridized carbons (Fsp3) is 0.500. The number of piperazine rings is 1. The van der Waals surface area contributed by atoms with Crippen LogP contribution in [0.25, 0.3) is 0 Å². The van der Waals surface area contributed by atoms with Gasteiger partial charge in [-0.15, -0.1) is 0 Å². The number of aliphatic hydroxyl groups is 1. The largest absolute Gasteiger partial charge is 0.387 e. The summed E-state index contributed by atoms with van der Waals surface area (Å²) in [6, 6.07) is 3.65. The molecule has 1 unspecified atom stereocenters. The van der Waals surface area contributed by atoms with Gasteiger partial charge in [-0.1, -0.05) is 0 Å². The van der Waals surface area contributed by atoms with Crippen LogP contribution in [-0.4, -0.2) is 59.0 Å². The van der Waals surface area contributed by atoms with Crippen LogP contribution in [0, 0.1) is 0 Å². The first-order chi connectivity index (χ1) is 8.29. The zero-order chi connectivity index (χ0) is 12.1. The molecular weight excluding hydrogens is 218 g/mol. The molecule has 1 aliphatic rings. The number of rotatable bonds is 4. The third-order valence-corrected chi connectivity index (χ3v) is 3.08. The number of nitrogens with zero attached hydrogens (tertiary/aromatic N) is 3. The lowest BCUT2D eigenvalue weighted by atomic mass is 10.1. The normalized spacial score (nSPS) is 19.0. The van der Waals surface area contributed by atoms with E-state index in [9.17, 15) is 9.90 Å². The minimum absolute atomic E-state index is 0.485. The van der Waals surface area contributed by atoms with Gasteiger partial charge >= 0.3 is 0 Å². The van der Waals surface area contributed by atoms with E-state index in [-0.39, 0.29) is 0 Å². The van der Waals surface area contributed by atoms with Gasteiger partial charge in [0.05, 0.1) is 6.10 Å². The highest BCUT2D eigenvalue weighted by Gasteiger charge is 2.18. The maximum absolute atomic E-state index is 10.6. The summed E-state index contributed by atoms with van der Waals surface area (Å²) < 4.78 is 0. The quantitative estimate of drug-likeness (QED) is 0.740. The standard InChI is InChI=1S/C12H17N3O2/c16-10-15-7-5-14(6-8-15)9-12(17)11-1-3-13-4-2-11/h1-4,10,12,17H,5-9H2. The average Bonchev–Trinajstić information content (AvgIpc) is 2.40. The van der Waals surface area contributed by atoms with Crippen molar-refractivity contribution in [3.05, 3.63) is 30.1 Å². The summed E-state index contributed by atoms with van der Waals surface area (Å²) in [7, 11) is 0. The van der Waals surface area contributed by atoms with Gasteiger partial charge in [0.25, 0.3) is 0 Å². The highest BCUT2D eigenvalue weighted by atomic mass is 16.3. The fourth-order valence-electron chi connectivity index (χ4n) is 1.99.